The smallest absolute Gasteiger partial charge is 0.257 e. The fraction of sp³-hybridized carbons (Fsp3) is 0.111. The molecule has 0 unspecified atom stereocenters. The van der Waals surface area contributed by atoms with Crippen molar-refractivity contribution in [3.8, 4) is 0 Å². The van der Waals surface area contributed by atoms with Crippen LogP contribution in [0.5, 0.6) is 0 Å². The summed E-state index contributed by atoms with van der Waals surface area (Å²) in [5.41, 5.74) is 1.26. The second-order valence-corrected chi connectivity index (χ2v) is 3.56. The van der Waals surface area contributed by atoms with E-state index < -0.39 is 10.7 Å². The van der Waals surface area contributed by atoms with Gasteiger partial charge in [0.2, 0.25) is 0 Å². The molecule has 0 fully saturated rings. The average molecular weight is 231 g/mol. The molecule has 14 heavy (non-hydrogen) atoms. The van der Waals surface area contributed by atoms with E-state index in [4.69, 9.17) is 23.2 Å². The molecule has 0 aliphatic carbocycles. The number of anilines is 1. The van der Waals surface area contributed by atoms with Gasteiger partial charge in [0.05, 0.1) is 5.69 Å². The summed E-state index contributed by atoms with van der Waals surface area (Å²) in [6, 6.07) is 3.31. The number of pyridine rings is 1. The van der Waals surface area contributed by atoms with Crippen LogP contribution in [0.2, 0.25) is 0 Å². The largest absolute Gasteiger partial charge is 0.324 e. The Bertz CT molecular complexity index is 352. The maximum atomic E-state index is 11.1. The lowest BCUT2D eigenvalue weighted by molar-refractivity contribution is -0.114. The zero-order valence-electron chi connectivity index (χ0n) is 7.21. The van der Waals surface area contributed by atoms with Gasteiger partial charge in [-0.05, 0) is 18.2 Å². The van der Waals surface area contributed by atoms with Gasteiger partial charge in [0.15, 0.2) is 4.84 Å². The molecule has 1 rings (SSSR count). The summed E-state index contributed by atoms with van der Waals surface area (Å²) in [6.07, 6.45) is 3.14. The fourth-order valence-corrected chi connectivity index (χ4v) is 0.944. The monoisotopic (exact) mass is 230 g/mol. The predicted octanol–water partition coefficient (Wildman–Crippen LogP) is 2.47. The molecule has 0 radical (unpaired) electrons. The molecular formula is C9H8Cl2N2O. The van der Waals surface area contributed by atoms with E-state index in [1.165, 1.54) is 0 Å². The van der Waals surface area contributed by atoms with Crippen molar-refractivity contribution in [2.24, 2.45) is 0 Å². The third kappa shape index (κ3) is 3.01. The van der Waals surface area contributed by atoms with E-state index in [1.54, 1.807) is 24.4 Å². The fourth-order valence-electron chi connectivity index (χ4n) is 0.835. The number of amides is 1. The van der Waals surface area contributed by atoms with Crippen LogP contribution in [0, 0.1) is 0 Å². The van der Waals surface area contributed by atoms with Gasteiger partial charge in [-0.2, -0.15) is 0 Å². The quantitative estimate of drug-likeness (QED) is 0.812. The highest BCUT2D eigenvalue weighted by atomic mass is 35.5. The topological polar surface area (TPSA) is 42.0 Å². The summed E-state index contributed by atoms with van der Waals surface area (Å²) < 4.78 is 0. The number of hydrogen-bond acceptors (Lipinski definition) is 2. The minimum atomic E-state index is -1.07. The van der Waals surface area contributed by atoms with Crippen LogP contribution in [0.15, 0.2) is 24.9 Å². The number of nitrogens with one attached hydrogen (secondary N) is 1. The highest BCUT2D eigenvalue weighted by Crippen LogP contribution is 2.11. The van der Waals surface area contributed by atoms with Crippen LogP contribution in [0.4, 0.5) is 5.69 Å². The number of carbonyl (C=O) groups is 1. The van der Waals surface area contributed by atoms with E-state index in [-0.39, 0.29) is 0 Å². The normalized spacial score (nSPS) is 9.93. The van der Waals surface area contributed by atoms with Crippen molar-refractivity contribution < 1.29 is 4.79 Å². The van der Waals surface area contributed by atoms with Gasteiger partial charge in [-0.25, -0.2) is 0 Å². The number of nitrogens with zero attached hydrogens (tertiary/aromatic N) is 1. The van der Waals surface area contributed by atoms with Crippen LogP contribution in [0.25, 0.3) is 6.08 Å². The number of aromatic nitrogens is 1. The van der Waals surface area contributed by atoms with Crippen molar-refractivity contribution in [3.63, 3.8) is 0 Å². The van der Waals surface area contributed by atoms with E-state index in [0.29, 0.717) is 11.4 Å². The molecule has 0 aliphatic heterocycles. The van der Waals surface area contributed by atoms with Crippen LogP contribution >= 0.6 is 23.2 Å². The first-order chi connectivity index (χ1) is 6.63. The molecule has 1 aromatic rings. The lowest BCUT2D eigenvalue weighted by Crippen LogP contribution is -2.18. The molecule has 5 heteroatoms. The molecule has 1 N–H and O–H groups in total. The lowest BCUT2D eigenvalue weighted by atomic mass is 10.3. The molecule has 0 atom stereocenters. The van der Waals surface area contributed by atoms with Crippen molar-refractivity contribution in [3.05, 3.63) is 30.6 Å². The summed E-state index contributed by atoms with van der Waals surface area (Å²) in [5.74, 6) is -0.463. The van der Waals surface area contributed by atoms with Gasteiger partial charge in [-0.3, -0.25) is 9.78 Å². The Morgan fingerprint density at radius 1 is 1.64 bits per heavy atom. The second kappa shape index (κ2) is 4.98. The van der Waals surface area contributed by atoms with E-state index >= 15 is 0 Å². The van der Waals surface area contributed by atoms with Crippen molar-refractivity contribution in [1.82, 2.24) is 4.98 Å². The molecule has 3 nitrogen and oxygen atoms in total. The van der Waals surface area contributed by atoms with Gasteiger partial charge in [-0.15, -0.1) is 0 Å². The first kappa shape index (κ1) is 11.0. The summed E-state index contributed by atoms with van der Waals surface area (Å²) in [5, 5.41) is 2.53. The van der Waals surface area contributed by atoms with Gasteiger partial charge in [-0.1, -0.05) is 29.8 Å². The highest BCUT2D eigenvalue weighted by Gasteiger charge is 2.10. The van der Waals surface area contributed by atoms with Crippen LogP contribution in [0.1, 0.15) is 5.69 Å². The Hall–Kier alpha value is -1.06. The molecule has 0 spiro atoms. The molecule has 74 valence electrons. The summed E-state index contributed by atoms with van der Waals surface area (Å²) in [6.45, 7) is 3.56. The first-order valence-electron chi connectivity index (χ1n) is 3.81. The van der Waals surface area contributed by atoms with E-state index in [0.717, 1.165) is 0 Å². The van der Waals surface area contributed by atoms with Crippen molar-refractivity contribution >= 4 is 40.9 Å². The molecule has 0 aromatic carbocycles. The Kier molecular flexibility index (Phi) is 3.92. The van der Waals surface area contributed by atoms with Gasteiger partial charge >= 0.3 is 0 Å². The minimum Gasteiger partial charge on any atom is -0.324 e. The van der Waals surface area contributed by atoms with Gasteiger partial charge in [0.25, 0.3) is 5.91 Å². The Labute approximate surface area is 91.7 Å². The minimum absolute atomic E-state index is 0.463. The zero-order chi connectivity index (χ0) is 10.6. The maximum Gasteiger partial charge on any atom is 0.257 e. The molecule has 1 amide bonds. The first-order valence-corrected chi connectivity index (χ1v) is 4.68. The predicted molar refractivity (Wildman–Crippen MR) is 58.5 cm³/mol. The number of alkyl halides is 2. The van der Waals surface area contributed by atoms with E-state index in [9.17, 15) is 4.79 Å². The maximum absolute atomic E-state index is 11.1. The van der Waals surface area contributed by atoms with Crippen molar-refractivity contribution in [2.45, 2.75) is 4.84 Å². The average Bonchev–Trinajstić information content (AvgIpc) is 2.18. The number of carbonyl (C=O) groups excluding carboxylic acids is 1. The molecule has 0 bridgehead atoms. The van der Waals surface area contributed by atoms with Crippen LogP contribution < -0.4 is 5.32 Å². The Morgan fingerprint density at radius 2 is 2.36 bits per heavy atom. The van der Waals surface area contributed by atoms with E-state index in [1.807, 2.05) is 0 Å². The van der Waals surface area contributed by atoms with Crippen molar-refractivity contribution in [1.29, 1.82) is 0 Å². The molecule has 1 heterocycles. The molecule has 0 saturated carbocycles. The van der Waals surface area contributed by atoms with Gasteiger partial charge in [0.1, 0.15) is 0 Å². The lowest BCUT2D eigenvalue weighted by Gasteiger charge is -2.05. The second-order valence-electron chi connectivity index (χ2n) is 2.46. The van der Waals surface area contributed by atoms with Crippen LogP contribution in [-0.4, -0.2) is 15.7 Å². The summed E-state index contributed by atoms with van der Waals surface area (Å²) >= 11 is 10.7. The molecule has 0 aliphatic rings. The van der Waals surface area contributed by atoms with Crippen LogP contribution in [0.3, 0.4) is 0 Å². The highest BCUT2D eigenvalue weighted by molar-refractivity contribution is 6.54. The van der Waals surface area contributed by atoms with Gasteiger partial charge in [0, 0.05) is 11.9 Å². The van der Waals surface area contributed by atoms with E-state index in [2.05, 4.69) is 16.9 Å². The SMILES string of the molecule is C=Cc1cc(NC(=O)C(Cl)Cl)ccn1. The third-order valence-corrected chi connectivity index (χ3v) is 1.85. The van der Waals surface area contributed by atoms with Gasteiger partial charge < -0.3 is 5.32 Å². The molecular weight excluding hydrogens is 223 g/mol. The third-order valence-electron chi connectivity index (χ3n) is 1.46. The number of halogens is 2. The van der Waals surface area contributed by atoms with Crippen LogP contribution in [-0.2, 0) is 4.79 Å². The summed E-state index contributed by atoms with van der Waals surface area (Å²) in [7, 11) is 0. The molecule has 0 saturated heterocycles. The summed E-state index contributed by atoms with van der Waals surface area (Å²) in [4.78, 5) is 14.0. The number of rotatable bonds is 3. The molecule has 1 aromatic heterocycles. The standard InChI is InChI=1S/C9H8Cl2N2O/c1-2-6-5-7(3-4-12-6)13-9(14)8(10)11/h2-5,8H,1H2,(H,12,13,14). The van der Waals surface area contributed by atoms with Crippen molar-refractivity contribution in [2.75, 3.05) is 5.32 Å². The Morgan fingerprint density at radius 3 is 2.93 bits per heavy atom. The zero-order valence-corrected chi connectivity index (χ0v) is 8.72. The number of hydrogen-bond donors (Lipinski definition) is 1. The Balaban J connectivity index is 2.76.